The fourth-order valence-corrected chi connectivity index (χ4v) is 9.89. The molecule has 466 valence electrons. The Balaban J connectivity index is 4.29. The van der Waals surface area contributed by atoms with Gasteiger partial charge in [-0.25, -0.2) is 0 Å². The van der Waals surface area contributed by atoms with E-state index < -0.39 is 6.10 Å². The molecule has 6 heteroatoms. The van der Waals surface area contributed by atoms with E-state index in [0.717, 1.165) is 109 Å². The lowest BCUT2D eigenvalue weighted by Gasteiger charge is -2.18. The molecule has 0 heterocycles. The molecule has 0 aromatic heterocycles. The molecule has 0 aliphatic rings. The molecule has 0 amide bonds. The minimum absolute atomic E-state index is 0.0768. The Morgan fingerprint density at radius 2 is 0.481 bits per heavy atom. The molecule has 0 aromatic carbocycles. The summed E-state index contributed by atoms with van der Waals surface area (Å²) in [6.45, 7) is 6.56. The van der Waals surface area contributed by atoms with Gasteiger partial charge in [-0.05, 0) is 103 Å². The number of hydrogen-bond donors (Lipinski definition) is 0. The van der Waals surface area contributed by atoms with Crippen LogP contribution in [-0.4, -0.2) is 37.2 Å². The Kier molecular flexibility index (Phi) is 65.7. The second-order valence-electron chi connectivity index (χ2n) is 23.1. The standard InChI is InChI=1S/C75H130O6/c1-4-7-10-13-16-19-22-25-28-30-31-32-33-34-35-36-37-38-39-40-41-42-43-45-47-50-53-56-59-62-65-68-74(77)80-71-72(70-79-73(76)67-64-61-58-55-52-49-46-27-24-21-18-15-12-9-6-3)81-75(78)69-66-63-60-57-54-51-48-44-29-26-23-20-17-14-11-8-5-2/h7,10,16,19,25-26,28-29,31-32,34-35,37-38,40-41,72H,4-6,8-9,11-15,17-18,20-24,27,30,33,36,39,42-71H2,1-3H3/b10-7-,19-16-,28-25-,29-26-,32-31-,35-34-,38-37-,41-40-. The van der Waals surface area contributed by atoms with E-state index in [1.54, 1.807) is 0 Å². The minimum atomic E-state index is -0.782. The molecule has 0 spiro atoms. The number of rotatable bonds is 63. The van der Waals surface area contributed by atoms with Crippen LogP contribution in [0, 0.1) is 0 Å². The Morgan fingerprint density at radius 3 is 0.765 bits per heavy atom. The molecular formula is C75H130O6. The lowest BCUT2D eigenvalue weighted by atomic mass is 10.0. The highest BCUT2D eigenvalue weighted by Gasteiger charge is 2.19. The highest BCUT2D eigenvalue weighted by Crippen LogP contribution is 2.17. The zero-order valence-corrected chi connectivity index (χ0v) is 53.5. The maximum Gasteiger partial charge on any atom is 0.306 e. The largest absolute Gasteiger partial charge is 0.462 e. The van der Waals surface area contributed by atoms with Crippen LogP contribution in [-0.2, 0) is 28.6 Å². The van der Waals surface area contributed by atoms with Gasteiger partial charge in [-0.15, -0.1) is 0 Å². The average Bonchev–Trinajstić information content (AvgIpc) is 3.47. The first-order valence-corrected chi connectivity index (χ1v) is 34.7. The minimum Gasteiger partial charge on any atom is -0.462 e. The molecule has 0 aromatic rings. The molecule has 1 atom stereocenters. The lowest BCUT2D eigenvalue weighted by molar-refractivity contribution is -0.167. The van der Waals surface area contributed by atoms with Gasteiger partial charge in [-0.2, -0.15) is 0 Å². The molecule has 0 aliphatic carbocycles. The summed E-state index contributed by atoms with van der Waals surface area (Å²) < 4.78 is 17.0. The molecule has 0 radical (unpaired) electrons. The third-order valence-corrected chi connectivity index (χ3v) is 15.1. The van der Waals surface area contributed by atoms with Gasteiger partial charge in [0.2, 0.25) is 0 Å². The summed E-state index contributed by atoms with van der Waals surface area (Å²) in [4.78, 5) is 38.4. The van der Waals surface area contributed by atoms with E-state index >= 15 is 0 Å². The zero-order chi connectivity index (χ0) is 58.5. The topological polar surface area (TPSA) is 78.9 Å². The zero-order valence-electron chi connectivity index (χ0n) is 53.5. The molecule has 0 aliphatic heterocycles. The summed E-state index contributed by atoms with van der Waals surface area (Å²) in [5.41, 5.74) is 0. The maximum absolute atomic E-state index is 12.9. The average molecular weight is 1130 g/mol. The molecule has 0 saturated heterocycles. The third kappa shape index (κ3) is 67.0. The number of esters is 3. The van der Waals surface area contributed by atoms with E-state index in [9.17, 15) is 14.4 Å². The van der Waals surface area contributed by atoms with Crippen molar-refractivity contribution in [2.45, 2.75) is 348 Å². The smallest absolute Gasteiger partial charge is 0.306 e. The van der Waals surface area contributed by atoms with Gasteiger partial charge in [0, 0.05) is 19.3 Å². The van der Waals surface area contributed by atoms with Crippen LogP contribution in [0.25, 0.3) is 0 Å². The van der Waals surface area contributed by atoms with Crippen molar-refractivity contribution in [1.29, 1.82) is 0 Å². The van der Waals surface area contributed by atoms with E-state index in [2.05, 4.69) is 118 Å². The number of carbonyl (C=O) groups excluding carboxylic acids is 3. The van der Waals surface area contributed by atoms with Crippen LogP contribution in [0.2, 0.25) is 0 Å². The molecule has 6 nitrogen and oxygen atoms in total. The quantitative estimate of drug-likeness (QED) is 0.0261. The molecular weight excluding hydrogens is 997 g/mol. The van der Waals surface area contributed by atoms with Crippen molar-refractivity contribution in [2.24, 2.45) is 0 Å². The highest BCUT2D eigenvalue weighted by molar-refractivity contribution is 5.71. The van der Waals surface area contributed by atoms with Gasteiger partial charge in [0.25, 0.3) is 0 Å². The first-order chi connectivity index (χ1) is 40.0. The molecule has 0 bridgehead atoms. The third-order valence-electron chi connectivity index (χ3n) is 15.1. The van der Waals surface area contributed by atoms with Crippen molar-refractivity contribution in [3.8, 4) is 0 Å². The van der Waals surface area contributed by atoms with Crippen LogP contribution in [0.5, 0.6) is 0 Å². The first kappa shape index (κ1) is 77.3. The summed E-state index contributed by atoms with van der Waals surface area (Å²) >= 11 is 0. The van der Waals surface area contributed by atoms with Crippen LogP contribution >= 0.6 is 0 Å². The molecule has 0 fully saturated rings. The second-order valence-corrected chi connectivity index (χ2v) is 23.1. The summed E-state index contributed by atoms with van der Waals surface area (Å²) in [5, 5.41) is 0. The summed E-state index contributed by atoms with van der Waals surface area (Å²) in [6.07, 6.45) is 92.8. The Morgan fingerprint density at radius 1 is 0.259 bits per heavy atom. The van der Waals surface area contributed by atoms with E-state index in [4.69, 9.17) is 14.2 Å². The van der Waals surface area contributed by atoms with Crippen molar-refractivity contribution in [3.63, 3.8) is 0 Å². The van der Waals surface area contributed by atoms with E-state index in [0.29, 0.717) is 19.3 Å². The monoisotopic (exact) mass is 1130 g/mol. The van der Waals surface area contributed by atoms with E-state index in [1.807, 2.05) is 0 Å². The number of hydrogen-bond acceptors (Lipinski definition) is 6. The number of unbranched alkanes of at least 4 members (excludes halogenated alkanes) is 36. The SMILES string of the molecule is CC/C=C\C/C=C\C/C=C\C/C=C\C/C=C\C/C=C\C/C=C\CCCCCCCCCCCC(=O)OCC(COC(=O)CCCCCCCCCCCCCCCCC)OC(=O)CCCCCCCCC/C=C\CCCCCCCC. The fourth-order valence-electron chi connectivity index (χ4n) is 9.89. The summed E-state index contributed by atoms with van der Waals surface area (Å²) in [6, 6.07) is 0. The van der Waals surface area contributed by atoms with Crippen LogP contribution in [0.4, 0.5) is 0 Å². The van der Waals surface area contributed by atoms with E-state index in [1.165, 1.54) is 193 Å². The number of ether oxygens (including phenoxy) is 3. The number of allylic oxidation sites excluding steroid dienone is 16. The van der Waals surface area contributed by atoms with Crippen molar-refractivity contribution >= 4 is 17.9 Å². The second kappa shape index (κ2) is 68.8. The fraction of sp³-hybridized carbons (Fsp3) is 0.747. The Bertz CT molecular complexity index is 1580. The van der Waals surface area contributed by atoms with Crippen molar-refractivity contribution < 1.29 is 28.6 Å². The van der Waals surface area contributed by atoms with Gasteiger partial charge in [0.05, 0.1) is 0 Å². The van der Waals surface area contributed by atoms with Crippen LogP contribution in [0.1, 0.15) is 342 Å². The summed E-state index contributed by atoms with van der Waals surface area (Å²) in [5.74, 6) is -0.871. The molecule has 0 rings (SSSR count). The van der Waals surface area contributed by atoms with Gasteiger partial charge >= 0.3 is 17.9 Å². The molecule has 81 heavy (non-hydrogen) atoms. The van der Waals surface area contributed by atoms with Gasteiger partial charge in [-0.1, -0.05) is 317 Å². The predicted molar refractivity (Wildman–Crippen MR) is 353 cm³/mol. The first-order valence-electron chi connectivity index (χ1n) is 34.7. The van der Waals surface area contributed by atoms with Gasteiger partial charge in [-0.3, -0.25) is 14.4 Å². The lowest BCUT2D eigenvalue weighted by Crippen LogP contribution is -2.30. The number of carbonyl (C=O) groups is 3. The highest BCUT2D eigenvalue weighted by atomic mass is 16.6. The van der Waals surface area contributed by atoms with E-state index in [-0.39, 0.29) is 31.1 Å². The van der Waals surface area contributed by atoms with Crippen molar-refractivity contribution in [3.05, 3.63) is 97.2 Å². The Hall–Kier alpha value is -3.67. The van der Waals surface area contributed by atoms with Gasteiger partial charge < -0.3 is 14.2 Å². The molecule has 0 saturated carbocycles. The van der Waals surface area contributed by atoms with Crippen molar-refractivity contribution in [1.82, 2.24) is 0 Å². The van der Waals surface area contributed by atoms with Crippen LogP contribution in [0.15, 0.2) is 97.2 Å². The predicted octanol–water partition coefficient (Wildman–Crippen LogP) is 24.0. The summed E-state index contributed by atoms with van der Waals surface area (Å²) in [7, 11) is 0. The maximum atomic E-state index is 12.9. The molecule has 1 unspecified atom stereocenters. The molecule has 0 N–H and O–H groups in total. The van der Waals surface area contributed by atoms with Gasteiger partial charge in [0.1, 0.15) is 13.2 Å². The Labute approximate surface area is 502 Å². The van der Waals surface area contributed by atoms with Crippen LogP contribution < -0.4 is 0 Å². The van der Waals surface area contributed by atoms with Crippen LogP contribution in [0.3, 0.4) is 0 Å². The normalized spacial score (nSPS) is 12.7. The van der Waals surface area contributed by atoms with Gasteiger partial charge in [0.15, 0.2) is 6.10 Å². The van der Waals surface area contributed by atoms with Crippen molar-refractivity contribution in [2.75, 3.05) is 13.2 Å².